The van der Waals surface area contributed by atoms with Crippen molar-refractivity contribution in [2.45, 2.75) is 155 Å². The van der Waals surface area contributed by atoms with Gasteiger partial charge in [0.1, 0.15) is 6.16 Å². The fourth-order valence-electron chi connectivity index (χ4n) is 3.90. The van der Waals surface area contributed by atoms with Crippen LogP contribution < -0.4 is 0 Å². The fraction of sp³-hybridized carbons (Fsp3) is 1.00. The molecule has 5 N–H and O–H groups in total. The third kappa shape index (κ3) is 39.8. The smallest absolute Gasteiger partial charge is 0.328 e. The highest BCUT2D eigenvalue weighted by Crippen LogP contribution is 2.45. The van der Waals surface area contributed by atoms with Gasteiger partial charge in [-0.05, 0) is 19.3 Å². The topological polar surface area (TPSA) is 110 Å². The Bertz CT molecular complexity index is 368. The first kappa shape index (κ1) is 36.8. The summed E-state index contributed by atoms with van der Waals surface area (Å²) in [4.78, 5) is 43.4. The molecule has 0 bridgehead atoms. The molecule has 0 fully saturated rings. The molecule has 0 amide bonds. The molecule has 0 aliphatic carbocycles. The Kier molecular flexibility index (Phi) is 32.3. The van der Waals surface area contributed by atoms with Gasteiger partial charge in [-0.25, -0.2) is 0 Å². The van der Waals surface area contributed by atoms with Gasteiger partial charge in [0, 0.05) is 0 Å². The van der Waals surface area contributed by atoms with Crippen molar-refractivity contribution in [3.05, 3.63) is 0 Å². The van der Waals surface area contributed by atoms with Gasteiger partial charge in [0.05, 0.1) is 6.61 Å². The second-order valence-corrected chi connectivity index (χ2v) is 12.2. The van der Waals surface area contributed by atoms with Gasteiger partial charge >= 0.3 is 16.5 Å². The van der Waals surface area contributed by atoms with E-state index in [0.717, 1.165) is 32.1 Å². The fourth-order valence-corrected chi connectivity index (χ4v) is 4.84. The molecule has 0 aromatic carbocycles. The molecular formula is C26H59O6P2+. The lowest BCUT2D eigenvalue weighted by Gasteiger charge is -2.04. The van der Waals surface area contributed by atoms with E-state index >= 15 is 0 Å². The normalized spacial score (nSPS) is 11.6. The first-order valence-electron chi connectivity index (χ1n) is 14.2. The second-order valence-electron chi connectivity index (χ2n) is 9.57. The third-order valence-corrected chi connectivity index (χ3v) is 7.35. The molecule has 0 saturated carbocycles. The van der Waals surface area contributed by atoms with E-state index in [1.165, 1.54) is 109 Å². The molecule has 8 heteroatoms. The summed E-state index contributed by atoms with van der Waals surface area (Å²) < 4.78 is 4.70. The molecule has 0 radical (unpaired) electrons. The van der Waals surface area contributed by atoms with Crippen molar-refractivity contribution in [1.29, 1.82) is 0 Å². The SMILES string of the molecule is CCCCCCCCCCCCCOP(O)O.CCCCCCCCCCCCC[P+](O)(O)O. The molecule has 34 heavy (non-hydrogen) atoms. The Morgan fingerprint density at radius 2 is 0.765 bits per heavy atom. The Morgan fingerprint density at radius 1 is 0.471 bits per heavy atom. The van der Waals surface area contributed by atoms with Gasteiger partial charge in [-0.1, -0.05) is 136 Å². The van der Waals surface area contributed by atoms with Crippen molar-refractivity contribution >= 4 is 16.5 Å². The van der Waals surface area contributed by atoms with Gasteiger partial charge < -0.3 is 14.3 Å². The summed E-state index contributed by atoms with van der Waals surface area (Å²) >= 11 is 0. The summed E-state index contributed by atoms with van der Waals surface area (Å²) in [6, 6.07) is 0. The monoisotopic (exact) mass is 529 g/mol. The summed E-state index contributed by atoms with van der Waals surface area (Å²) in [5, 5.41) is 0. The van der Waals surface area contributed by atoms with Gasteiger partial charge in [0.2, 0.25) is 0 Å². The zero-order valence-corrected chi connectivity index (χ0v) is 24.3. The predicted molar refractivity (Wildman–Crippen MR) is 149 cm³/mol. The molecule has 0 atom stereocenters. The minimum Gasteiger partial charge on any atom is -0.328 e. The molecule has 0 aromatic rings. The highest BCUT2D eigenvalue weighted by molar-refractivity contribution is 7.58. The van der Waals surface area contributed by atoms with E-state index in [1.807, 2.05) is 0 Å². The predicted octanol–water partition coefficient (Wildman–Crippen LogP) is 8.56. The summed E-state index contributed by atoms with van der Waals surface area (Å²) in [5.41, 5.74) is 0. The standard InChI is InChI=1S/C13H30O3P.C13H29O3P/c1-2-3-4-5-6-7-8-9-10-11-12-13-17(14,15)16;1-2-3-4-5-6-7-8-9-10-11-12-13-16-17(14)15/h14-16H,2-13H2,1H3;14-15H,2-13H2,1H3/q+1;. The quantitative estimate of drug-likeness (QED) is 0.0598. The Morgan fingerprint density at radius 3 is 1.06 bits per heavy atom. The third-order valence-electron chi connectivity index (χ3n) is 6.02. The Labute approximate surface area is 213 Å². The highest BCUT2D eigenvalue weighted by atomic mass is 31.2. The first-order valence-corrected chi connectivity index (χ1v) is 17.2. The molecule has 0 heterocycles. The minimum atomic E-state index is -3.49. The van der Waals surface area contributed by atoms with Gasteiger partial charge in [0.25, 0.3) is 0 Å². The van der Waals surface area contributed by atoms with Crippen LogP contribution in [0.15, 0.2) is 0 Å². The maximum atomic E-state index is 8.78. The molecule has 0 spiro atoms. The molecule has 0 aromatic heterocycles. The summed E-state index contributed by atoms with van der Waals surface area (Å²) in [5.74, 6) is 0. The molecule has 6 nitrogen and oxygen atoms in total. The van der Waals surface area contributed by atoms with Crippen LogP contribution in [0, 0.1) is 0 Å². The van der Waals surface area contributed by atoms with Crippen LogP contribution in [0.25, 0.3) is 0 Å². The van der Waals surface area contributed by atoms with Crippen molar-refractivity contribution in [1.82, 2.24) is 0 Å². The number of hydrogen-bond donors (Lipinski definition) is 5. The van der Waals surface area contributed by atoms with E-state index in [1.54, 1.807) is 0 Å². The second kappa shape index (κ2) is 29.8. The average Bonchev–Trinajstić information content (AvgIpc) is 2.78. The molecule has 208 valence electrons. The summed E-state index contributed by atoms with van der Waals surface area (Å²) in [6.45, 7) is 4.97. The molecule has 0 aliphatic rings. The van der Waals surface area contributed by atoms with Crippen molar-refractivity contribution in [2.24, 2.45) is 0 Å². The van der Waals surface area contributed by atoms with Gasteiger partial charge in [-0.2, -0.15) is 14.7 Å². The van der Waals surface area contributed by atoms with Crippen LogP contribution >= 0.6 is 16.5 Å². The lowest BCUT2D eigenvalue weighted by molar-refractivity contribution is 0.248. The number of rotatable bonds is 25. The number of unbranched alkanes of at least 4 members (excludes halogenated alkanes) is 20. The van der Waals surface area contributed by atoms with Gasteiger partial charge in [0.15, 0.2) is 0 Å². The van der Waals surface area contributed by atoms with Crippen molar-refractivity contribution in [3.8, 4) is 0 Å². The lowest BCUT2D eigenvalue weighted by atomic mass is 10.1. The van der Waals surface area contributed by atoms with Crippen LogP contribution in [0.3, 0.4) is 0 Å². The van der Waals surface area contributed by atoms with Crippen LogP contribution in [0.2, 0.25) is 0 Å². The lowest BCUT2D eigenvalue weighted by Crippen LogP contribution is -1.95. The largest absolute Gasteiger partial charge is 0.403 e. The molecule has 0 rings (SSSR count). The van der Waals surface area contributed by atoms with E-state index in [4.69, 9.17) is 29.0 Å². The van der Waals surface area contributed by atoms with Crippen LogP contribution in [0.1, 0.15) is 155 Å². The van der Waals surface area contributed by atoms with Crippen LogP contribution in [-0.2, 0) is 4.52 Å². The van der Waals surface area contributed by atoms with Crippen LogP contribution in [0.4, 0.5) is 0 Å². The van der Waals surface area contributed by atoms with E-state index < -0.39 is 16.5 Å². The Balaban J connectivity index is 0. The van der Waals surface area contributed by atoms with E-state index in [2.05, 4.69) is 13.8 Å². The molecule has 0 unspecified atom stereocenters. The maximum absolute atomic E-state index is 8.78. The van der Waals surface area contributed by atoms with E-state index in [0.29, 0.717) is 6.61 Å². The Hall–Kier alpha value is 0.620. The number of hydrogen-bond acceptors (Lipinski definition) is 6. The molecular weight excluding hydrogens is 470 g/mol. The minimum absolute atomic E-state index is 0.171. The average molecular weight is 530 g/mol. The van der Waals surface area contributed by atoms with Gasteiger partial charge in [-0.3, -0.25) is 0 Å². The van der Waals surface area contributed by atoms with E-state index in [9.17, 15) is 0 Å². The van der Waals surface area contributed by atoms with Crippen LogP contribution in [0.5, 0.6) is 0 Å². The molecule has 0 aliphatic heterocycles. The van der Waals surface area contributed by atoms with Crippen molar-refractivity contribution in [2.75, 3.05) is 12.8 Å². The van der Waals surface area contributed by atoms with Crippen LogP contribution in [-0.4, -0.2) is 37.2 Å². The summed E-state index contributed by atoms with van der Waals surface area (Å²) in [6.07, 6.45) is 28.0. The zero-order valence-electron chi connectivity index (χ0n) is 22.5. The molecule has 0 saturated heterocycles. The maximum Gasteiger partial charge on any atom is 0.403 e. The van der Waals surface area contributed by atoms with Crippen molar-refractivity contribution < 1.29 is 29.0 Å². The first-order chi connectivity index (χ1) is 16.3. The van der Waals surface area contributed by atoms with Crippen molar-refractivity contribution in [3.63, 3.8) is 0 Å². The summed E-state index contributed by atoms with van der Waals surface area (Å²) in [7, 11) is -5.63. The highest BCUT2D eigenvalue weighted by Gasteiger charge is 2.27. The zero-order chi connectivity index (χ0) is 25.8. The van der Waals surface area contributed by atoms with Gasteiger partial charge in [-0.15, -0.1) is 0 Å². The van der Waals surface area contributed by atoms with E-state index in [-0.39, 0.29) is 6.16 Å².